The third-order valence-corrected chi connectivity index (χ3v) is 5.82. The second kappa shape index (κ2) is 10.8. The maximum atomic E-state index is 13.4. The lowest BCUT2D eigenvalue weighted by Crippen LogP contribution is -2.34. The lowest BCUT2D eigenvalue weighted by atomic mass is 10.0. The number of ether oxygens (including phenoxy) is 1. The molecule has 1 amide bonds. The minimum Gasteiger partial charge on any atom is -0.496 e. The largest absolute Gasteiger partial charge is 0.496 e. The highest BCUT2D eigenvalue weighted by Crippen LogP contribution is 2.31. The van der Waals surface area contributed by atoms with E-state index in [-0.39, 0.29) is 11.9 Å². The maximum absolute atomic E-state index is 13.4. The lowest BCUT2D eigenvalue weighted by Gasteiger charge is -2.25. The number of amides is 1. The van der Waals surface area contributed by atoms with Gasteiger partial charge in [0.05, 0.1) is 25.3 Å². The van der Waals surface area contributed by atoms with Gasteiger partial charge >= 0.3 is 0 Å². The Kier molecular flexibility index (Phi) is 7.40. The number of nitrogens with zero attached hydrogens (tertiary/aromatic N) is 3. The summed E-state index contributed by atoms with van der Waals surface area (Å²) in [6.07, 6.45) is 1.82. The second-order valence-corrected chi connectivity index (χ2v) is 8.37. The van der Waals surface area contributed by atoms with Gasteiger partial charge in [-0.3, -0.25) is 9.48 Å². The summed E-state index contributed by atoms with van der Waals surface area (Å²) in [5.41, 5.74) is 4.17. The molecule has 4 rings (SSSR count). The van der Waals surface area contributed by atoms with Gasteiger partial charge in [0.15, 0.2) is 0 Å². The predicted molar refractivity (Wildman–Crippen MR) is 135 cm³/mol. The molecule has 3 aromatic carbocycles. The van der Waals surface area contributed by atoms with Crippen molar-refractivity contribution in [1.82, 2.24) is 20.0 Å². The normalized spacial score (nSPS) is 11.9. The van der Waals surface area contributed by atoms with E-state index < -0.39 is 0 Å². The summed E-state index contributed by atoms with van der Waals surface area (Å²) in [6.45, 7) is 1.05. The molecule has 6 nitrogen and oxygen atoms in total. The number of nitrogens with one attached hydrogen (secondary N) is 1. The summed E-state index contributed by atoms with van der Waals surface area (Å²) in [5.74, 6) is 0.514. The number of rotatable bonds is 9. The fourth-order valence-electron chi connectivity index (χ4n) is 4.04. The van der Waals surface area contributed by atoms with E-state index in [0.717, 1.165) is 16.7 Å². The van der Waals surface area contributed by atoms with E-state index in [4.69, 9.17) is 9.84 Å². The molecule has 0 aliphatic heterocycles. The molecule has 174 valence electrons. The molecule has 6 heteroatoms. The van der Waals surface area contributed by atoms with Gasteiger partial charge in [-0.1, -0.05) is 72.8 Å². The van der Waals surface area contributed by atoms with Gasteiger partial charge in [0.1, 0.15) is 11.4 Å². The maximum Gasteiger partial charge on any atom is 0.255 e. The zero-order valence-electron chi connectivity index (χ0n) is 19.8. The van der Waals surface area contributed by atoms with Crippen LogP contribution in [0.1, 0.15) is 27.5 Å². The van der Waals surface area contributed by atoms with Crippen LogP contribution in [0.3, 0.4) is 0 Å². The Morgan fingerprint density at radius 3 is 2.29 bits per heavy atom. The van der Waals surface area contributed by atoms with Gasteiger partial charge in [-0.25, -0.2) is 0 Å². The molecule has 1 heterocycles. The van der Waals surface area contributed by atoms with Crippen molar-refractivity contribution < 1.29 is 9.53 Å². The van der Waals surface area contributed by atoms with E-state index in [1.807, 2.05) is 97.8 Å². The Morgan fingerprint density at radius 2 is 1.62 bits per heavy atom. The predicted octanol–water partition coefficient (Wildman–Crippen LogP) is 4.64. The molecule has 1 aromatic heterocycles. The number of para-hydroxylation sites is 1. The monoisotopic (exact) mass is 454 g/mol. The van der Waals surface area contributed by atoms with Crippen LogP contribution in [-0.2, 0) is 6.54 Å². The van der Waals surface area contributed by atoms with Crippen LogP contribution in [0.15, 0.2) is 91.1 Å². The van der Waals surface area contributed by atoms with Crippen LogP contribution in [0, 0.1) is 0 Å². The quantitative estimate of drug-likeness (QED) is 0.400. The molecule has 1 N–H and O–H groups in total. The SMILES string of the molecule is COc1ccccc1-c1nn(Cc2ccccc2)cc1C(=O)NC[C@@H](c1ccccc1)N(C)C. The summed E-state index contributed by atoms with van der Waals surface area (Å²) in [5, 5.41) is 7.92. The minimum absolute atomic E-state index is 0.0548. The van der Waals surface area contributed by atoms with Crippen molar-refractivity contribution >= 4 is 5.91 Å². The fraction of sp³-hybridized carbons (Fsp3) is 0.214. The first-order chi connectivity index (χ1) is 16.6. The Labute approximate surface area is 200 Å². The van der Waals surface area contributed by atoms with Crippen LogP contribution in [0.25, 0.3) is 11.3 Å². The van der Waals surface area contributed by atoms with Crippen molar-refractivity contribution in [3.05, 3.63) is 108 Å². The number of likely N-dealkylation sites (N-methyl/N-ethyl adjacent to an activating group) is 1. The van der Waals surface area contributed by atoms with Crippen molar-refractivity contribution in [3.8, 4) is 17.0 Å². The van der Waals surface area contributed by atoms with Crippen LogP contribution in [0.5, 0.6) is 5.75 Å². The van der Waals surface area contributed by atoms with Gasteiger partial charge in [-0.15, -0.1) is 0 Å². The molecule has 0 aliphatic rings. The van der Waals surface area contributed by atoms with E-state index >= 15 is 0 Å². The number of hydrogen-bond acceptors (Lipinski definition) is 4. The van der Waals surface area contributed by atoms with Crippen molar-refractivity contribution in [2.24, 2.45) is 0 Å². The van der Waals surface area contributed by atoms with Gasteiger partial charge in [0.25, 0.3) is 5.91 Å². The zero-order valence-corrected chi connectivity index (χ0v) is 19.8. The topological polar surface area (TPSA) is 59.4 Å². The van der Waals surface area contributed by atoms with Crippen LogP contribution < -0.4 is 10.1 Å². The van der Waals surface area contributed by atoms with Gasteiger partial charge < -0.3 is 15.0 Å². The number of carbonyl (C=O) groups is 1. The third kappa shape index (κ3) is 5.35. The van der Waals surface area contributed by atoms with E-state index in [9.17, 15) is 4.79 Å². The van der Waals surface area contributed by atoms with E-state index in [2.05, 4.69) is 22.3 Å². The minimum atomic E-state index is -0.164. The van der Waals surface area contributed by atoms with Crippen LogP contribution in [-0.4, -0.2) is 48.3 Å². The highest BCUT2D eigenvalue weighted by atomic mass is 16.5. The molecule has 0 fully saturated rings. The summed E-state index contributed by atoms with van der Waals surface area (Å²) in [6, 6.07) is 28.0. The van der Waals surface area contributed by atoms with E-state index in [1.165, 1.54) is 0 Å². The number of aromatic nitrogens is 2. The number of carbonyl (C=O) groups excluding carboxylic acids is 1. The Bertz CT molecular complexity index is 1220. The van der Waals surface area contributed by atoms with Crippen molar-refractivity contribution in [3.63, 3.8) is 0 Å². The molecule has 0 radical (unpaired) electrons. The lowest BCUT2D eigenvalue weighted by molar-refractivity contribution is 0.0942. The van der Waals surface area contributed by atoms with Crippen LogP contribution in [0.2, 0.25) is 0 Å². The molecule has 34 heavy (non-hydrogen) atoms. The van der Waals surface area contributed by atoms with Crippen molar-refractivity contribution in [2.45, 2.75) is 12.6 Å². The molecule has 0 saturated carbocycles. The van der Waals surface area contributed by atoms with Gasteiger partial charge in [0.2, 0.25) is 0 Å². The first-order valence-electron chi connectivity index (χ1n) is 11.3. The molecule has 0 bridgehead atoms. The van der Waals surface area contributed by atoms with Gasteiger partial charge in [-0.2, -0.15) is 5.10 Å². The van der Waals surface area contributed by atoms with E-state index in [1.54, 1.807) is 7.11 Å². The van der Waals surface area contributed by atoms with Crippen LogP contribution >= 0.6 is 0 Å². The van der Waals surface area contributed by atoms with E-state index in [0.29, 0.717) is 30.1 Å². The van der Waals surface area contributed by atoms with Gasteiger partial charge in [0, 0.05) is 18.3 Å². The summed E-state index contributed by atoms with van der Waals surface area (Å²) >= 11 is 0. The summed E-state index contributed by atoms with van der Waals surface area (Å²) in [7, 11) is 5.66. The number of methoxy groups -OCH3 is 1. The van der Waals surface area contributed by atoms with Crippen LogP contribution in [0.4, 0.5) is 0 Å². The first-order valence-corrected chi connectivity index (χ1v) is 11.3. The molecular formula is C28H30N4O2. The fourth-order valence-corrected chi connectivity index (χ4v) is 4.04. The summed E-state index contributed by atoms with van der Waals surface area (Å²) < 4.78 is 7.37. The molecular weight excluding hydrogens is 424 g/mol. The zero-order chi connectivity index (χ0) is 23.9. The molecule has 0 aliphatic carbocycles. The highest BCUT2D eigenvalue weighted by Gasteiger charge is 2.22. The van der Waals surface area contributed by atoms with Crippen molar-refractivity contribution in [2.75, 3.05) is 27.7 Å². The smallest absolute Gasteiger partial charge is 0.255 e. The Morgan fingerprint density at radius 1 is 0.971 bits per heavy atom. The Balaban J connectivity index is 1.64. The second-order valence-electron chi connectivity index (χ2n) is 8.37. The summed E-state index contributed by atoms with van der Waals surface area (Å²) in [4.78, 5) is 15.5. The average molecular weight is 455 g/mol. The molecule has 0 spiro atoms. The average Bonchev–Trinajstić information content (AvgIpc) is 3.28. The molecule has 0 saturated heterocycles. The van der Waals surface area contributed by atoms with Crippen molar-refractivity contribution in [1.29, 1.82) is 0 Å². The number of benzene rings is 3. The first kappa shape index (κ1) is 23.3. The Hall–Kier alpha value is -3.90. The number of hydrogen-bond donors (Lipinski definition) is 1. The third-order valence-electron chi connectivity index (χ3n) is 5.82. The molecule has 1 atom stereocenters. The van der Waals surface area contributed by atoms with Gasteiger partial charge in [-0.05, 0) is 37.4 Å². The highest BCUT2D eigenvalue weighted by molar-refractivity contribution is 6.00. The molecule has 0 unspecified atom stereocenters. The molecule has 4 aromatic rings. The standard InChI is InChI=1S/C28H30N4O2/c1-31(2)25(22-14-8-5-9-15-22)18-29-28(33)24-20-32(19-21-12-6-4-7-13-21)30-27(24)23-16-10-11-17-26(23)34-3/h4-17,20,25H,18-19H2,1-3H3,(H,29,33)/t25-/m0/s1.